The van der Waals surface area contributed by atoms with Crippen molar-refractivity contribution in [1.82, 2.24) is 15.1 Å². The minimum Gasteiger partial charge on any atom is -0.305 e. The molecular formula is C16H21N3S. The molecule has 0 aliphatic carbocycles. The molecule has 0 radical (unpaired) electrons. The van der Waals surface area contributed by atoms with Crippen LogP contribution in [0.4, 0.5) is 0 Å². The maximum atomic E-state index is 4.31. The Morgan fingerprint density at radius 1 is 1.40 bits per heavy atom. The van der Waals surface area contributed by atoms with Crippen molar-refractivity contribution in [3.63, 3.8) is 0 Å². The summed E-state index contributed by atoms with van der Waals surface area (Å²) in [5.41, 5.74) is 5.50. The molecule has 106 valence electrons. The molecule has 1 aliphatic rings. The van der Waals surface area contributed by atoms with E-state index in [0.29, 0.717) is 6.04 Å². The predicted octanol–water partition coefficient (Wildman–Crippen LogP) is 2.85. The third kappa shape index (κ3) is 2.76. The fourth-order valence-electron chi connectivity index (χ4n) is 2.69. The van der Waals surface area contributed by atoms with Crippen molar-refractivity contribution in [3.8, 4) is 0 Å². The van der Waals surface area contributed by atoms with Gasteiger partial charge in [0.2, 0.25) is 0 Å². The first-order chi connectivity index (χ1) is 9.75. The monoisotopic (exact) mass is 287 g/mol. The summed E-state index contributed by atoms with van der Waals surface area (Å²) in [6.45, 7) is 3.01. The largest absolute Gasteiger partial charge is 0.305 e. The summed E-state index contributed by atoms with van der Waals surface area (Å²) in [4.78, 5) is 0. The summed E-state index contributed by atoms with van der Waals surface area (Å²) >= 11 is 2.04. The average molecular weight is 287 g/mol. The van der Waals surface area contributed by atoms with E-state index in [4.69, 9.17) is 0 Å². The van der Waals surface area contributed by atoms with Crippen LogP contribution in [-0.4, -0.2) is 21.3 Å². The highest BCUT2D eigenvalue weighted by molar-refractivity contribution is 7.99. The molecule has 3 nitrogen and oxygen atoms in total. The first-order valence-electron chi connectivity index (χ1n) is 7.12. The average Bonchev–Trinajstić information content (AvgIpc) is 2.68. The van der Waals surface area contributed by atoms with Crippen LogP contribution >= 0.6 is 11.8 Å². The van der Waals surface area contributed by atoms with Crippen LogP contribution in [0.1, 0.15) is 28.4 Å². The SMILES string of the molecule is Cc1c(CNC2CSCCc3ccccc32)cnn1C. The topological polar surface area (TPSA) is 29.9 Å². The summed E-state index contributed by atoms with van der Waals surface area (Å²) in [6, 6.07) is 9.29. The molecule has 0 spiro atoms. The number of hydrogen-bond donors (Lipinski definition) is 1. The van der Waals surface area contributed by atoms with E-state index < -0.39 is 0 Å². The molecule has 0 amide bonds. The van der Waals surface area contributed by atoms with E-state index in [0.717, 1.165) is 12.3 Å². The van der Waals surface area contributed by atoms with Crippen LogP contribution < -0.4 is 5.32 Å². The summed E-state index contributed by atoms with van der Waals surface area (Å²) in [7, 11) is 2.00. The van der Waals surface area contributed by atoms with Crippen LogP contribution in [0.25, 0.3) is 0 Å². The van der Waals surface area contributed by atoms with Crippen molar-refractivity contribution in [2.45, 2.75) is 25.9 Å². The third-order valence-electron chi connectivity index (χ3n) is 4.11. The van der Waals surface area contributed by atoms with E-state index in [2.05, 4.69) is 41.6 Å². The Morgan fingerprint density at radius 3 is 3.05 bits per heavy atom. The number of nitrogens with one attached hydrogen (secondary N) is 1. The number of aromatic nitrogens is 2. The molecule has 0 fully saturated rings. The minimum atomic E-state index is 0.443. The lowest BCUT2D eigenvalue weighted by atomic mass is 9.99. The lowest BCUT2D eigenvalue weighted by Gasteiger charge is -2.19. The smallest absolute Gasteiger partial charge is 0.0537 e. The van der Waals surface area contributed by atoms with Gasteiger partial charge in [0.15, 0.2) is 0 Å². The molecule has 1 aromatic heterocycles. The molecule has 3 rings (SSSR count). The molecule has 1 unspecified atom stereocenters. The Hall–Kier alpha value is -1.26. The number of aryl methyl sites for hydroxylation is 2. The molecule has 2 heterocycles. The minimum absolute atomic E-state index is 0.443. The van der Waals surface area contributed by atoms with Gasteiger partial charge < -0.3 is 5.32 Å². The van der Waals surface area contributed by atoms with Crippen LogP contribution in [0.15, 0.2) is 30.5 Å². The molecule has 2 aromatic rings. The molecule has 1 atom stereocenters. The molecule has 4 heteroatoms. The van der Waals surface area contributed by atoms with E-state index >= 15 is 0 Å². The second-order valence-corrected chi connectivity index (χ2v) is 6.49. The molecule has 20 heavy (non-hydrogen) atoms. The van der Waals surface area contributed by atoms with Crippen molar-refractivity contribution in [3.05, 3.63) is 52.8 Å². The van der Waals surface area contributed by atoms with Gasteiger partial charge in [0, 0.05) is 36.6 Å². The molecule has 1 aliphatic heterocycles. The Labute approximate surface area is 124 Å². The zero-order chi connectivity index (χ0) is 13.9. The Morgan fingerprint density at radius 2 is 2.25 bits per heavy atom. The molecule has 1 N–H and O–H groups in total. The maximum Gasteiger partial charge on any atom is 0.0537 e. The van der Waals surface area contributed by atoms with E-state index in [1.165, 1.54) is 34.6 Å². The second kappa shape index (κ2) is 6.02. The Balaban J connectivity index is 1.75. The van der Waals surface area contributed by atoms with Gasteiger partial charge in [-0.1, -0.05) is 24.3 Å². The first kappa shape index (κ1) is 13.7. The number of fused-ring (bicyclic) bond motifs is 1. The number of benzene rings is 1. The van der Waals surface area contributed by atoms with Crippen molar-refractivity contribution in [1.29, 1.82) is 0 Å². The van der Waals surface area contributed by atoms with Crippen LogP contribution in [0.5, 0.6) is 0 Å². The highest BCUT2D eigenvalue weighted by atomic mass is 32.2. The molecule has 0 bridgehead atoms. The standard InChI is InChI=1S/C16H21N3S/c1-12-14(10-18-19(12)2)9-17-16-11-20-8-7-13-5-3-4-6-15(13)16/h3-6,10,16-17H,7-9,11H2,1-2H3. The van der Waals surface area contributed by atoms with E-state index in [9.17, 15) is 0 Å². The van der Waals surface area contributed by atoms with Crippen molar-refractivity contribution >= 4 is 11.8 Å². The number of hydrogen-bond acceptors (Lipinski definition) is 3. The van der Waals surface area contributed by atoms with Gasteiger partial charge in [-0.2, -0.15) is 16.9 Å². The fourth-order valence-corrected chi connectivity index (χ4v) is 3.76. The molecule has 0 saturated carbocycles. The van der Waals surface area contributed by atoms with Crippen LogP contribution in [0, 0.1) is 6.92 Å². The summed E-state index contributed by atoms with van der Waals surface area (Å²) in [5, 5.41) is 8.03. The highest BCUT2D eigenvalue weighted by Crippen LogP contribution is 2.27. The molecule has 1 aromatic carbocycles. The van der Waals surface area contributed by atoms with Gasteiger partial charge in [-0.25, -0.2) is 0 Å². The lowest BCUT2D eigenvalue weighted by molar-refractivity contribution is 0.578. The van der Waals surface area contributed by atoms with Gasteiger partial charge in [-0.3, -0.25) is 4.68 Å². The summed E-state index contributed by atoms with van der Waals surface area (Å²) < 4.78 is 1.94. The lowest BCUT2D eigenvalue weighted by Crippen LogP contribution is -2.23. The van der Waals surface area contributed by atoms with Gasteiger partial charge in [-0.15, -0.1) is 0 Å². The highest BCUT2D eigenvalue weighted by Gasteiger charge is 2.18. The normalized spacial score (nSPS) is 18.6. The van der Waals surface area contributed by atoms with Crippen molar-refractivity contribution in [2.75, 3.05) is 11.5 Å². The summed E-state index contributed by atoms with van der Waals surface area (Å²) in [5.74, 6) is 2.37. The van der Waals surface area contributed by atoms with E-state index in [1.54, 1.807) is 0 Å². The fraction of sp³-hybridized carbons (Fsp3) is 0.438. The Kier molecular flexibility index (Phi) is 4.13. The van der Waals surface area contributed by atoms with Gasteiger partial charge >= 0.3 is 0 Å². The van der Waals surface area contributed by atoms with E-state index in [-0.39, 0.29) is 0 Å². The van der Waals surface area contributed by atoms with Crippen LogP contribution in [0.3, 0.4) is 0 Å². The second-order valence-electron chi connectivity index (χ2n) is 5.34. The number of thioether (sulfide) groups is 1. The first-order valence-corrected chi connectivity index (χ1v) is 8.27. The molecular weight excluding hydrogens is 266 g/mol. The molecule has 0 saturated heterocycles. The van der Waals surface area contributed by atoms with Crippen molar-refractivity contribution < 1.29 is 0 Å². The van der Waals surface area contributed by atoms with Crippen molar-refractivity contribution in [2.24, 2.45) is 7.05 Å². The van der Waals surface area contributed by atoms with Crippen LogP contribution in [0.2, 0.25) is 0 Å². The van der Waals surface area contributed by atoms with E-state index in [1.807, 2.05) is 29.7 Å². The third-order valence-corrected chi connectivity index (χ3v) is 5.17. The number of nitrogens with zero attached hydrogens (tertiary/aromatic N) is 2. The van der Waals surface area contributed by atoms with Gasteiger partial charge in [0.1, 0.15) is 0 Å². The van der Waals surface area contributed by atoms with Gasteiger partial charge in [0.25, 0.3) is 0 Å². The maximum absolute atomic E-state index is 4.31. The summed E-state index contributed by atoms with van der Waals surface area (Å²) in [6.07, 6.45) is 3.16. The quantitative estimate of drug-likeness (QED) is 0.941. The number of rotatable bonds is 3. The Bertz CT molecular complexity index is 591. The predicted molar refractivity (Wildman–Crippen MR) is 85.0 cm³/mol. The zero-order valence-electron chi connectivity index (χ0n) is 12.1. The van der Waals surface area contributed by atoms with Crippen LogP contribution in [-0.2, 0) is 20.0 Å². The van der Waals surface area contributed by atoms with Gasteiger partial charge in [-0.05, 0) is 30.2 Å². The zero-order valence-corrected chi connectivity index (χ0v) is 12.9. The van der Waals surface area contributed by atoms with Gasteiger partial charge in [0.05, 0.1) is 6.20 Å².